The lowest BCUT2D eigenvalue weighted by atomic mass is 10.1. The zero-order valence-electron chi connectivity index (χ0n) is 19.4. The molecule has 31 heavy (non-hydrogen) atoms. The molecule has 0 radical (unpaired) electrons. The third-order valence-electron chi connectivity index (χ3n) is 5.20. The van der Waals surface area contributed by atoms with Gasteiger partial charge in [0.25, 0.3) is 0 Å². The molecule has 0 spiro atoms. The van der Waals surface area contributed by atoms with Crippen molar-refractivity contribution in [2.75, 3.05) is 20.3 Å². The third kappa shape index (κ3) is 7.97. The number of hydrogen-bond acceptors (Lipinski definition) is 5. The topological polar surface area (TPSA) is 57.9 Å². The zero-order valence-corrected chi connectivity index (χ0v) is 19.4. The first-order valence-electron chi connectivity index (χ1n) is 11.8. The van der Waals surface area contributed by atoms with E-state index in [2.05, 4.69) is 26.0 Å². The van der Waals surface area contributed by atoms with E-state index < -0.39 is 5.63 Å². The second-order valence-electron chi connectivity index (χ2n) is 7.72. The van der Waals surface area contributed by atoms with Crippen LogP contribution in [0, 0.1) is 0 Å². The van der Waals surface area contributed by atoms with Crippen molar-refractivity contribution in [1.29, 1.82) is 0 Å². The number of methoxy groups -OCH3 is 1. The van der Waals surface area contributed by atoms with Gasteiger partial charge < -0.3 is 18.6 Å². The van der Waals surface area contributed by atoms with Crippen molar-refractivity contribution in [2.24, 2.45) is 0 Å². The van der Waals surface area contributed by atoms with Crippen LogP contribution in [0.5, 0.6) is 17.2 Å². The summed E-state index contributed by atoms with van der Waals surface area (Å²) in [6, 6.07) is 5.44. The lowest BCUT2D eigenvalue weighted by molar-refractivity contribution is 0.277. The minimum Gasteiger partial charge on any atom is -0.492 e. The average Bonchev–Trinajstić information content (AvgIpc) is 2.77. The summed E-state index contributed by atoms with van der Waals surface area (Å²) in [5.41, 5.74) is -0.0951. The molecule has 2 aromatic rings. The van der Waals surface area contributed by atoms with Crippen molar-refractivity contribution >= 4 is 11.0 Å². The Morgan fingerprint density at radius 2 is 1.61 bits per heavy atom. The van der Waals surface area contributed by atoms with Gasteiger partial charge in [-0.2, -0.15) is 0 Å². The fraction of sp³-hybridized carbons (Fsp3) is 0.577. The van der Waals surface area contributed by atoms with Crippen molar-refractivity contribution in [3.63, 3.8) is 0 Å². The Hall–Kier alpha value is -2.43. The van der Waals surface area contributed by atoms with Gasteiger partial charge in [0.15, 0.2) is 5.75 Å². The predicted molar refractivity (Wildman–Crippen MR) is 127 cm³/mol. The van der Waals surface area contributed by atoms with Gasteiger partial charge in [-0.05, 0) is 31.4 Å². The van der Waals surface area contributed by atoms with Crippen LogP contribution in [0.15, 0.2) is 39.6 Å². The number of ether oxygens (including phenoxy) is 3. The molecule has 0 atom stereocenters. The molecule has 1 aromatic carbocycles. The van der Waals surface area contributed by atoms with E-state index in [0.717, 1.165) is 25.7 Å². The van der Waals surface area contributed by atoms with Gasteiger partial charge in [0, 0.05) is 0 Å². The van der Waals surface area contributed by atoms with E-state index in [9.17, 15) is 4.79 Å². The quantitative estimate of drug-likeness (QED) is 0.162. The summed E-state index contributed by atoms with van der Waals surface area (Å²) in [7, 11) is 1.46. The number of fused-ring (bicyclic) bond motifs is 1. The Kier molecular flexibility index (Phi) is 11.7. The van der Waals surface area contributed by atoms with Crippen molar-refractivity contribution in [3.05, 3.63) is 40.8 Å². The van der Waals surface area contributed by atoms with Crippen molar-refractivity contribution in [3.8, 4) is 17.2 Å². The van der Waals surface area contributed by atoms with Crippen molar-refractivity contribution in [1.82, 2.24) is 0 Å². The maximum Gasteiger partial charge on any atom is 0.383 e. The van der Waals surface area contributed by atoms with Gasteiger partial charge in [0.2, 0.25) is 5.75 Å². The van der Waals surface area contributed by atoms with Crippen LogP contribution in [0.3, 0.4) is 0 Å². The molecule has 0 aliphatic rings. The third-order valence-corrected chi connectivity index (χ3v) is 5.20. The van der Waals surface area contributed by atoms with E-state index in [1.807, 2.05) is 12.1 Å². The molecule has 2 rings (SSSR count). The summed E-state index contributed by atoms with van der Waals surface area (Å²) in [5, 5.41) is 0.651. The molecule has 172 valence electrons. The molecule has 0 unspecified atom stereocenters. The second kappa shape index (κ2) is 14.6. The smallest absolute Gasteiger partial charge is 0.383 e. The molecular weight excluding hydrogens is 392 g/mol. The summed E-state index contributed by atoms with van der Waals surface area (Å²) in [6.45, 7) is 5.40. The lowest BCUT2D eigenvalue weighted by Gasteiger charge is -2.15. The molecule has 1 aromatic heterocycles. The van der Waals surface area contributed by atoms with Gasteiger partial charge in [-0.1, -0.05) is 77.0 Å². The number of hydrogen-bond donors (Lipinski definition) is 0. The molecule has 0 fully saturated rings. The first-order chi connectivity index (χ1) is 15.2. The van der Waals surface area contributed by atoms with Crippen LogP contribution < -0.4 is 19.8 Å². The Labute approximate surface area is 186 Å². The average molecular weight is 431 g/mol. The molecule has 5 nitrogen and oxygen atoms in total. The van der Waals surface area contributed by atoms with Crippen LogP contribution in [-0.2, 0) is 0 Å². The molecule has 0 bridgehead atoms. The SMILES string of the molecule is CCC=CCCOc1cccc2oc(=O)c(OC)c(OCCCCCCCCCC)c12. The Balaban J connectivity index is 2.06. The van der Waals surface area contributed by atoms with Crippen LogP contribution in [0.4, 0.5) is 0 Å². The summed E-state index contributed by atoms with van der Waals surface area (Å²) in [4.78, 5) is 12.4. The molecule has 0 aliphatic carbocycles. The zero-order chi connectivity index (χ0) is 22.3. The molecule has 0 saturated carbocycles. The number of unbranched alkanes of at least 4 members (excludes halogenated alkanes) is 7. The van der Waals surface area contributed by atoms with Gasteiger partial charge in [-0.25, -0.2) is 4.79 Å². The molecule has 0 amide bonds. The van der Waals surface area contributed by atoms with Gasteiger partial charge >= 0.3 is 5.63 Å². The van der Waals surface area contributed by atoms with E-state index in [1.165, 1.54) is 45.6 Å². The molecule has 0 N–H and O–H groups in total. The molecular formula is C26H38O5. The van der Waals surface area contributed by atoms with E-state index in [-0.39, 0.29) is 5.75 Å². The second-order valence-corrected chi connectivity index (χ2v) is 7.72. The fourth-order valence-electron chi connectivity index (χ4n) is 3.54. The highest BCUT2D eigenvalue weighted by Crippen LogP contribution is 2.39. The summed E-state index contributed by atoms with van der Waals surface area (Å²) in [6.07, 6.45) is 15.8. The summed E-state index contributed by atoms with van der Waals surface area (Å²) >= 11 is 0. The standard InChI is InChI=1S/C26H38O5/c1-4-6-8-10-11-12-13-15-20-30-24-23-21(29-19-14-9-7-5-2)17-16-18-22(23)31-26(27)25(24)28-3/h7,9,16-18H,4-6,8,10-15,19-20H2,1-3H3. The molecule has 1 heterocycles. The highest BCUT2D eigenvalue weighted by molar-refractivity contribution is 5.91. The van der Waals surface area contributed by atoms with Gasteiger partial charge in [0.05, 0.1) is 20.3 Å². The predicted octanol–water partition coefficient (Wildman–Crippen LogP) is 7.06. The Bertz CT molecular complexity index is 853. The monoisotopic (exact) mass is 430 g/mol. The molecule has 0 saturated heterocycles. The maximum atomic E-state index is 12.4. The van der Waals surface area contributed by atoms with Crippen LogP contribution >= 0.6 is 0 Å². The van der Waals surface area contributed by atoms with Crippen molar-refractivity contribution < 1.29 is 18.6 Å². The van der Waals surface area contributed by atoms with Gasteiger partial charge in [-0.3, -0.25) is 0 Å². The number of allylic oxidation sites excluding steroid dienone is 1. The largest absolute Gasteiger partial charge is 0.492 e. The fourth-order valence-corrected chi connectivity index (χ4v) is 3.54. The van der Waals surface area contributed by atoms with Crippen LogP contribution in [0.1, 0.15) is 78.1 Å². The van der Waals surface area contributed by atoms with Crippen LogP contribution in [0.25, 0.3) is 11.0 Å². The van der Waals surface area contributed by atoms with E-state index in [1.54, 1.807) is 6.07 Å². The highest BCUT2D eigenvalue weighted by Gasteiger charge is 2.20. The van der Waals surface area contributed by atoms with Gasteiger partial charge in [0.1, 0.15) is 16.7 Å². The molecule has 5 heteroatoms. The highest BCUT2D eigenvalue weighted by atomic mass is 16.5. The minimum absolute atomic E-state index is 0.0917. The Morgan fingerprint density at radius 1 is 0.871 bits per heavy atom. The first kappa shape index (κ1) is 24.8. The van der Waals surface area contributed by atoms with E-state index in [0.29, 0.717) is 35.7 Å². The molecule has 0 aliphatic heterocycles. The summed E-state index contributed by atoms with van der Waals surface area (Å²) < 4.78 is 22.8. The summed E-state index contributed by atoms with van der Waals surface area (Å²) in [5.74, 6) is 1.14. The number of rotatable bonds is 16. The van der Waals surface area contributed by atoms with E-state index in [4.69, 9.17) is 18.6 Å². The van der Waals surface area contributed by atoms with Gasteiger partial charge in [-0.15, -0.1) is 0 Å². The van der Waals surface area contributed by atoms with Crippen LogP contribution in [-0.4, -0.2) is 20.3 Å². The normalized spacial score (nSPS) is 11.3. The first-order valence-corrected chi connectivity index (χ1v) is 11.8. The Morgan fingerprint density at radius 3 is 2.32 bits per heavy atom. The number of benzene rings is 1. The lowest BCUT2D eigenvalue weighted by Crippen LogP contribution is -2.09. The minimum atomic E-state index is -0.538. The van der Waals surface area contributed by atoms with Crippen molar-refractivity contribution in [2.45, 2.75) is 78.1 Å². The van der Waals surface area contributed by atoms with Crippen LogP contribution in [0.2, 0.25) is 0 Å². The van der Waals surface area contributed by atoms with E-state index >= 15 is 0 Å². The maximum absolute atomic E-state index is 12.4.